The molecule has 0 spiro atoms. The minimum atomic E-state index is -0.133. The molecule has 0 saturated heterocycles. The Labute approximate surface area is 153 Å². The largest absolute Gasteiger partial charge is 0.482 e. The van der Waals surface area contributed by atoms with E-state index >= 15 is 0 Å². The Morgan fingerprint density at radius 3 is 2.58 bits per heavy atom. The van der Waals surface area contributed by atoms with E-state index in [1.165, 1.54) is 0 Å². The van der Waals surface area contributed by atoms with Crippen LogP contribution >= 0.6 is 0 Å². The highest BCUT2D eigenvalue weighted by Crippen LogP contribution is 2.32. The fourth-order valence-corrected chi connectivity index (χ4v) is 3.07. The molecular weight excluding hydrogens is 332 g/mol. The fourth-order valence-electron chi connectivity index (χ4n) is 3.07. The molecule has 3 rings (SSSR count). The van der Waals surface area contributed by atoms with Crippen LogP contribution in [0.15, 0.2) is 40.8 Å². The van der Waals surface area contributed by atoms with Crippen LogP contribution in [0, 0.1) is 0 Å². The second-order valence-electron chi connectivity index (χ2n) is 6.29. The van der Waals surface area contributed by atoms with Crippen LogP contribution in [0.25, 0.3) is 0 Å². The van der Waals surface area contributed by atoms with Gasteiger partial charge >= 0.3 is 0 Å². The van der Waals surface area contributed by atoms with Crippen LogP contribution in [0.1, 0.15) is 43.0 Å². The standard InChI is InChI=1S/C20H24N2O4/c1-3-11-21(12-4-2)20(24)18-10-9-15(26-18)13-22-16-7-5-6-8-17(16)25-14-19(22)23/h5-10H,3-4,11-14H2,1-2H3. The average molecular weight is 356 g/mol. The lowest BCUT2D eigenvalue weighted by molar-refractivity contribution is -0.121. The molecule has 138 valence electrons. The number of para-hydroxylation sites is 2. The van der Waals surface area contributed by atoms with Crippen molar-refractivity contribution in [1.29, 1.82) is 0 Å². The first-order valence-corrected chi connectivity index (χ1v) is 9.04. The number of carbonyl (C=O) groups excluding carboxylic acids is 2. The van der Waals surface area contributed by atoms with Crippen molar-refractivity contribution < 1.29 is 18.7 Å². The minimum absolute atomic E-state index is 0.00425. The molecule has 6 nitrogen and oxygen atoms in total. The molecule has 0 aliphatic carbocycles. The molecule has 1 aromatic heterocycles. The van der Waals surface area contributed by atoms with Gasteiger partial charge in [0.1, 0.15) is 11.5 Å². The van der Waals surface area contributed by atoms with Gasteiger partial charge in [-0.25, -0.2) is 0 Å². The van der Waals surface area contributed by atoms with Crippen LogP contribution in [0.3, 0.4) is 0 Å². The molecule has 2 aromatic rings. The second-order valence-corrected chi connectivity index (χ2v) is 6.29. The van der Waals surface area contributed by atoms with Gasteiger partial charge in [-0.15, -0.1) is 0 Å². The molecule has 0 atom stereocenters. The number of fused-ring (bicyclic) bond motifs is 1. The van der Waals surface area contributed by atoms with Crippen molar-refractivity contribution in [2.24, 2.45) is 0 Å². The van der Waals surface area contributed by atoms with Gasteiger partial charge in [-0.3, -0.25) is 14.5 Å². The summed E-state index contributed by atoms with van der Waals surface area (Å²) in [6.07, 6.45) is 1.80. The Balaban J connectivity index is 1.76. The summed E-state index contributed by atoms with van der Waals surface area (Å²) in [5, 5.41) is 0. The van der Waals surface area contributed by atoms with E-state index in [-0.39, 0.29) is 25.0 Å². The normalized spacial score (nSPS) is 13.3. The minimum Gasteiger partial charge on any atom is -0.482 e. The number of anilines is 1. The topological polar surface area (TPSA) is 63.0 Å². The van der Waals surface area contributed by atoms with Gasteiger partial charge in [-0.1, -0.05) is 26.0 Å². The smallest absolute Gasteiger partial charge is 0.289 e. The maximum atomic E-state index is 12.6. The summed E-state index contributed by atoms with van der Waals surface area (Å²) in [7, 11) is 0. The summed E-state index contributed by atoms with van der Waals surface area (Å²) >= 11 is 0. The quantitative estimate of drug-likeness (QED) is 0.762. The Bertz CT molecular complexity index is 778. The summed E-state index contributed by atoms with van der Waals surface area (Å²) in [4.78, 5) is 28.3. The number of hydrogen-bond acceptors (Lipinski definition) is 4. The first kappa shape index (κ1) is 18.0. The number of hydrogen-bond donors (Lipinski definition) is 0. The zero-order chi connectivity index (χ0) is 18.5. The summed E-state index contributed by atoms with van der Waals surface area (Å²) < 4.78 is 11.2. The highest BCUT2D eigenvalue weighted by Gasteiger charge is 2.27. The van der Waals surface area contributed by atoms with Crippen molar-refractivity contribution in [2.45, 2.75) is 33.2 Å². The first-order valence-electron chi connectivity index (χ1n) is 9.04. The maximum absolute atomic E-state index is 12.6. The molecule has 2 heterocycles. The van der Waals surface area contributed by atoms with Gasteiger partial charge in [0.2, 0.25) is 0 Å². The maximum Gasteiger partial charge on any atom is 0.289 e. The number of ether oxygens (including phenoxy) is 1. The van der Waals surface area contributed by atoms with Gasteiger partial charge in [0.15, 0.2) is 12.4 Å². The van der Waals surface area contributed by atoms with Crippen LogP contribution in [0.4, 0.5) is 5.69 Å². The fraction of sp³-hybridized carbons (Fsp3) is 0.400. The van der Waals surface area contributed by atoms with Crippen molar-refractivity contribution in [3.63, 3.8) is 0 Å². The first-order chi connectivity index (χ1) is 12.6. The monoisotopic (exact) mass is 356 g/mol. The SMILES string of the molecule is CCCN(CCC)C(=O)c1ccc(CN2C(=O)COc3ccccc32)o1. The van der Waals surface area contributed by atoms with Gasteiger partial charge in [0.25, 0.3) is 11.8 Å². The van der Waals surface area contributed by atoms with Crippen LogP contribution in [-0.4, -0.2) is 36.4 Å². The molecule has 1 aliphatic rings. The van der Waals surface area contributed by atoms with E-state index in [1.54, 1.807) is 21.9 Å². The number of rotatable bonds is 7. The molecule has 1 aromatic carbocycles. The van der Waals surface area contributed by atoms with Crippen molar-refractivity contribution in [3.8, 4) is 5.75 Å². The molecular formula is C20H24N2O4. The lowest BCUT2D eigenvalue weighted by Crippen LogP contribution is -2.38. The van der Waals surface area contributed by atoms with E-state index < -0.39 is 0 Å². The van der Waals surface area contributed by atoms with Crippen molar-refractivity contribution in [2.75, 3.05) is 24.6 Å². The van der Waals surface area contributed by atoms with E-state index in [9.17, 15) is 9.59 Å². The van der Waals surface area contributed by atoms with Gasteiger partial charge < -0.3 is 14.1 Å². The lowest BCUT2D eigenvalue weighted by Gasteiger charge is -2.28. The summed E-state index contributed by atoms with van der Waals surface area (Å²) in [5.74, 6) is 1.33. The Morgan fingerprint density at radius 2 is 1.85 bits per heavy atom. The molecule has 0 N–H and O–H groups in total. The van der Waals surface area contributed by atoms with Crippen LogP contribution in [-0.2, 0) is 11.3 Å². The molecule has 6 heteroatoms. The third-order valence-electron chi connectivity index (χ3n) is 4.27. The number of nitrogens with zero attached hydrogens (tertiary/aromatic N) is 2. The number of amides is 2. The van der Waals surface area contributed by atoms with Crippen LogP contribution < -0.4 is 9.64 Å². The molecule has 2 amide bonds. The lowest BCUT2D eigenvalue weighted by atomic mass is 10.2. The Hall–Kier alpha value is -2.76. The highest BCUT2D eigenvalue weighted by atomic mass is 16.5. The Morgan fingerprint density at radius 1 is 1.12 bits per heavy atom. The van der Waals surface area contributed by atoms with Gasteiger partial charge in [-0.2, -0.15) is 0 Å². The van der Waals surface area contributed by atoms with Gasteiger partial charge in [0, 0.05) is 13.1 Å². The number of furan rings is 1. The summed E-state index contributed by atoms with van der Waals surface area (Å²) in [6.45, 7) is 5.78. The predicted octanol–water partition coefficient (Wildman–Crippen LogP) is 3.47. The van der Waals surface area contributed by atoms with Crippen LogP contribution in [0.5, 0.6) is 5.75 Å². The molecule has 0 radical (unpaired) electrons. The van der Waals surface area contributed by atoms with E-state index in [0.717, 1.165) is 12.8 Å². The van der Waals surface area contributed by atoms with Crippen molar-refractivity contribution in [3.05, 3.63) is 47.9 Å². The van der Waals surface area contributed by atoms with E-state index in [0.29, 0.717) is 36.0 Å². The molecule has 0 saturated carbocycles. The third kappa shape index (κ3) is 3.74. The van der Waals surface area contributed by atoms with E-state index in [4.69, 9.17) is 9.15 Å². The molecule has 0 bridgehead atoms. The Kier molecular flexibility index (Phi) is 5.61. The zero-order valence-corrected chi connectivity index (χ0v) is 15.2. The summed E-state index contributed by atoms with van der Waals surface area (Å²) in [5.41, 5.74) is 0.714. The highest BCUT2D eigenvalue weighted by molar-refractivity contribution is 5.97. The number of carbonyl (C=O) groups is 2. The van der Waals surface area contributed by atoms with E-state index in [1.807, 2.05) is 38.1 Å². The van der Waals surface area contributed by atoms with Gasteiger partial charge in [-0.05, 0) is 37.1 Å². The third-order valence-corrected chi connectivity index (χ3v) is 4.27. The van der Waals surface area contributed by atoms with E-state index in [2.05, 4.69) is 0 Å². The number of benzene rings is 1. The molecule has 0 unspecified atom stereocenters. The van der Waals surface area contributed by atoms with Crippen molar-refractivity contribution >= 4 is 17.5 Å². The summed E-state index contributed by atoms with van der Waals surface area (Å²) in [6, 6.07) is 10.8. The second kappa shape index (κ2) is 8.08. The predicted molar refractivity (Wildman–Crippen MR) is 98.3 cm³/mol. The zero-order valence-electron chi connectivity index (χ0n) is 15.2. The average Bonchev–Trinajstić information content (AvgIpc) is 3.12. The molecule has 0 fully saturated rings. The van der Waals surface area contributed by atoms with Crippen LogP contribution in [0.2, 0.25) is 0 Å². The molecule has 26 heavy (non-hydrogen) atoms. The molecule has 1 aliphatic heterocycles. The van der Waals surface area contributed by atoms with Crippen molar-refractivity contribution in [1.82, 2.24) is 4.90 Å². The van der Waals surface area contributed by atoms with Gasteiger partial charge in [0.05, 0.1) is 12.2 Å².